The average molecular weight is 312 g/mol. The van der Waals surface area contributed by atoms with Crippen molar-refractivity contribution in [2.24, 2.45) is 11.7 Å². The summed E-state index contributed by atoms with van der Waals surface area (Å²) >= 11 is 0. The van der Waals surface area contributed by atoms with Gasteiger partial charge in [-0.1, -0.05) is 6.92 Å². The number of fused-ring (bicyclic) bond motifs is 1. The second-order valence-corrected chi connectivity index (χ2v) is 5.36. The first-order chi connectivity index (χ1) is 9.45. The van der Waals surface area contributed by atoms with Crippen molar-refractivity contribution in [3.8, 4) is 5.75 Å². The van der Waals surface area contributed by atoms with Crippen molar-refractivity contribution in [3.05, 3.63) is 39.2 Å². The molecule has 5 heteroatoms. The van der Waals surface area contributed by atoms with Gasteiger partial charge in [0.25, 0.3) is 0 Å². The first-order valence-corrected chi connectivity index (χ1v) is 6.82. The molecule has 4 nitrogen and oxygen atoms in total. The summed E-state index contributed by atoms with van der Waals surface area (Å²) in [7, 11) is 0. The molecule has 0 saturated heterocycles. The van der Waals surface area contributed by atoms with Gasteiger partial charge in [0.05, 0.1) is 6.61 Å². The van der Waals surface area contributed by atoms with E-state index in [4.69, 9.17) is 14.9 Å². The largest absolute Gasteiger partial charge is 0.493 e. The van der Waals surface area contributed by atoms with E-state index in [0.29, 0.717) is 24.3 Å². The molecule has 1 atom stereocenters. The summed E-state index contributed by atoms with van der Waals surface area (Å²) < 4.78 is 11.2. The molecule has 0 radical (unpaired) electrons. The first kappa shape index (κ1) is 17.5. The standard InChI is InChI=1S/C16H21NO3.ClH/c1-9(7-17)8-19-14-6-5-13-10(2)11(3)16(18)20-15(13)12(14)4;/h5-6,9H,7-8,17H2,1-4H3;1H/t9-;/m0./s1. The zero-order chi connectivity index (χ0) is 14.9. The summed E-state index contributed by atoms with van der Waals surface area (Å²) in [5.74, 6) is 1.03. The number of nitrogens with two attached hydrogens (primary N) is 1. The summed E-state index contributed by atoms with van der Waals surface area (Å²) in [6.07, 6.45) is 0. The third-order valence-electron chi connectivity index (χ3n) is 3.75. The van der Waals surface area contributed by atoms with Gasteiger partial charge in [-0.15, -0.1) is 12.4 Å². The van der Waals surface area contributed by atoms with Crippen LogP contribution in [-0.4, -0.2) is 13.2 Å². The molecule has 0 unspecified atom stereocenters. The molecular formula is C16H22ClNO3. The van der Waals surface area contributed by atoms with Crippen molar-refractivity contribution >= 4 is 23.4 Å². The fraction of sp³-hybridized carbons (Fsp3) is 0.438. The summed E-state index contributed by atoms with van der Waals surface area (Å²) in [6, 6.07) is 3.86. The van der Waals surface area contributed by atoms with Crippen LogP contribution >= 0.6 is 12.4 Å². The van der Waals surface area contributed by atoms with E-state index < -0.39 is 0 Å². The molecule has 2 aromatic rings. The van der Waals surface area contributed by atoms with E-state index in [1.807, 2.05) is 32.9 Å². The molecule has 1 heterocycles. The van der Waals surface area contributed by atoms with Crippen molar-refractivity contribution in [3.63, 3.8) is 0 Å². The highest BCUT2D eigenvalue weighted by atomic mass is 35.5. The molecular weight excluding hydrogens is 290 g/mol. The zero-order valence-corrected chi connectivity index (χ0v) is 13.7. The minimum atomic E-state index is -0.287. The van der Waals surface area contributed by atoms with Gasteiger partial charge >= 0.3 is 5.63 Å². The molecule has 0 spiro atoms. The predicted octanol–water partition coefficient (Wildman–Crippen LogP) is 3.11. The number of ether oxygens (including phenoxy) is 1. The highest BCUT2D eigenvalue weighted by molar-refractivity contribution is 5.85. The highest BCUT2D eigenvalue weighted by Crippen LogP contribution is 2.29. The predicted molar refractivity (Wildman–Crippen MR) is 87.7 cm³/mol. The zero-order valence-electron chi connectivity index (χ0n) is 12.9. The third kappa shape index (κ3) is 3.39. The van der Waals surface area contributed by atoms with Crippen LogP contribution in [0.1, 0.15) is 23.6 Å². The number of hydrogen-bond acceptors (Lipinski definition) is 4. The van der Waals surface area contributed by atoms with Gasteiger partial charge in [0.15, 0.2) is 0 Å². The van der Waals surface area contributed by atoms with Crippen LogP contribution in [0, 0.1) is 26.7 Å². The third-order valence-corrected chi connectivity index (χ3v) is 3.75. The molecule has 0 amide bonds. The lowest BCUT2D eigenvalue weighted by Crippen LogP contribution is -2.18. The van der Waals surface area contributed by atoms with Crippen LogP contribution in [0.3, 0.4) is 0 Å². The Labute approximate surface area is 130 Å². The Bertz CT molecular complexity index is 694. The van der Waals surface area contributed by atoms with Gasteiger partial charge in [0, 0.05) is 22.4 Å². The molecule has 0 aliphatic rings. The number of benzene rings is 1. The van der Waals surface area contributed by atoms with Crippen molar-refractivity contribution in [2.45, 2.75) is 27.7 Å². The molecule has 0 bridgehead atoms. The van der Waals surface area contributed by atoms with E-state index in [9.17, 15) is 4.79 Å². The molecule has 0 fully saturated rings. The lowest BCUT2D eigenvalue weighted by atomic mass is 10.0. The van der Waals surface area contributed by atoms with Crippen LogP contribution < -0.4 is 16.1 Å². The fourth-order valence-corrected chi connectivity index (χ4v) is 2.08. The molecule has 0 aliphatic heterocycles. The summed E-state index contributed by atoms with van der Waals surface area (Å²) in [5.41, 5.74) is 8.37. The molecule has 2 N–H and O–H groups in total. The summed E-state index contributed by atoms with van der Waals surface area (Å²) in [4.78, 5) is 11.8. The Morgan fingerprint density at radius 2 is 1.86 bits per heavy atom. The van der Waals surface area contributed by atoms with E-state index in [0.717, 1.165) is 22.3 Å². The van der Waals surface area contributed by atoms with Gasteiger partial charge in [-0.25, -0.2) is 4.79 Å². The molecule has 1 aromatic heterocycles. The van der Waals surface area contributed by atoms with Gasteiger partial charge < -0.3 is 14.9 Å². The second-order valence-electron chi connectivity index (χ2n) is 5.36. The molecule has 21 heavy (non-hydrogen) atoms. The lowest BCUT2D eigenvalue weighted by molar-refractivity contribution is 0.262. The van der Waals surface area contributed by atoms with E-state index in [1.54, 1.807) is 6.92 Å². The minimum absolute atomic E-state index is 0. The van der Waals surface area contributed by atoms with Crippen LogP contribution in [0.25, 0.3) is 11.0 Å². The van der Waals surface area contributed by atoms with E-state index in [2.05, 4.69) is 0 Å². The smallest absolute Gasteiger partial charge is 0.339 e. The number of halogens is 1. The quantitative estimate of drug-likeness (QED) is 0.881. The Morgan fingerprint density at radius 1 is 1.19 bits per heavy atom. The summed E-state index contributed by atoms with van der Waals surface area (Å²) in [5, 5.41) is 0.957. The van der Waals surface area contributed by atoms with Crippen molar-refractivity contribution in [1.82, 2.24) is 0 Å². The van der Waals surface area contributed by atoms with Crippen LogP contribution in [0.15, 0.2) is 21.3 Å². The lowest BCUT2D eigenvalue weighted by Gasteiger charge is -2.14. The molecule has 116 valence electrons. The molecule has 1 aromatic carbocycles. The number of rotatable bonds is 4. The molecule has 0 saturated carbocycles. The van der Waals surface area contributed by atoms with Gasteiger partial charge in [0.2, 0.25) is 0 Å². The van der Waals surface area contributed by atoms with Crippen LogP contribution in [-0.2, 0) is 0 Å². The molecule has 0 aliphatic carbocycles. The number of hydrogen-bond donors (Lipinski definition) is 1. The maximum absolute atomic E-state index is 11.8. The topological polar surface area (TPSA) is 65.5 Å². The van der Waals surface area contributed by atoms with Crippen molar-refractivity contribution < 1.29 is 9.15 Å². The van der Waals surface area contributed by atoms with Gasteiger partial charge in [-0.2, -0.15) is 0 Å². The van der Waals surface area contributed by atoms with Crippen LogP contribution in [0.4, 0.5) is 0 Å². The van der Waals surface area contributed by atoms with E-state index in [-0.39, 0.29) is 24.0 Å². The van der Waals surface area contributed by atoms with E-state index >= 15 is 0 Å². The van der Waals surface area contributed by atoms with Gasteiger partial charge in [0.1, 0.15) is 11.3 Å². The maximum Gasteiger partial charge on any atom is 0.339 e. The normalized spacial score (nSPS) is 12.0. The van der Waals surface area contributed by atoms with Gasteiger partial charge in [-0.3, -0.25) is 0 Å². The second kappa shape index (κ2) is 6.96. The van der Waals surface area contributed by atoms with Crippen LogP contribution in [0.5, 0.6) is 5.75 Å². The average Bonchev–Trinajstić information content (AvgIpc) is 2.44. The Morgan fingerprint density at radius 3 is 2.48 bits per heavy atom. The number of aryl methyl sites for hydroxylation is 2. The van der Waals surface area contributed by atoms with Gasteiger partial charge in [-0.05, 0) is 45.0 Å². The Balaban J connectivity index is 0.00000220. The SMILES string of the molecule is Cc1c(C)c2ccc(OC[C@@H](C)CN)c(C)c2oc1=O.Cl. The summed E-state index contributed by atoms with van der Waals surface area (Å²) in [6.45, 7) is 8.79. The maximum atomic E-state index is 11.8. The fourth-order valence-electron chi connectivity index (χ4n) is 2.08. The highest BCUT2D eigenvalue weighted by Gasteiger charge is 2.13. The Kier molecular flexibility index (Phi) is 5.81. The molecule has 2 rings (SSSR count). The van der Waals surface area contributed by atoms with Crippen LogP contribution in [0.2, 0.25) is 0 Å². The minimum Gasteiger partial charge on any atom is -0.493 e. The van der Waals surface area contributed by atoms with Crippen molar-refractivity contribution in [2.75, 3.05) is 13.2 Å². The monoisotopic (exact) mass is 311 g/mol. The van der Waals surface area contributed by atoms with Crippen molar-refractivity contribution in [1.29, 1.82) is 0 Å². The van der Waals surface area contributed by atoms with E-state index in [1.165, 1.54) is 0 Å². The first-order valence-electron chi connectivity index (χ1n) is 6.82. The Hall–Kier alpha value is -1.52.